The van der Waals surface area contributed by atoms with Gasteiger partial charge in [0.15, 0.2) is 11.4 Å². The summed E-state index contributed by atoms with van der Waals surface area (Å²) in [6.07, 6.45) is 8.67. The summed E-state index contributed by atoms with van der Waals surface area (Å²) >= 11 is 1.91. The summed E-state index contributed by atoms with van der Waals surface area (Å²) in [6, 6.07) is 44.1. The van der Waals surface area contributed by atoms with Gasteiger partial charge in [0.05, 0.1) is 11.0 Å². The average Bonchev–Trinajstić information content (AvgIpc) is 3.93. The SMILES string of the molecule is CC1C=CC=CC1c1nc(-n2c3ccccc3c3cc(-c4cc5c6c(cccc6c4)-c4sc6ccccc6c4-5)ccc32)c2oc3ccccc3c2n1. The minimum absolute atomic E-state index is 0.0626. The van der Waals surface area contributed by atoms with Gasteiger partial charge in [-0.2, -0.15) is 0 Å². The van der Waals surface area contributed by atoms with Crippen molar-refractivity contribution < 1.29 is 4.42 Å². The average molecular weight is 684 g/mol. The van der Waals surface area contributed by atoms with E-state index in [0.29, 0.717) is 5.58 Å². The van der Waals surface area contributed by atoms with E-state index in [9.17, 15) is 0 Å². The van der Waals surface area contributed by atoms with Gasteiger partial charge in [-0.15, -0.1) is 11.3 Å². The van der Waals surface area contributed by atoms with Crippen molar-refractivity contribution in [2.45, 2.75) is 12.8 Å². The van der Waals surface area contributed by atoms with Crippen molar-refractivity contribution in [3.8, 4) is 38.5 Å². The summed E-state index contributed by atoms with van der Waals surface area (Å²) in [4.78, 5) is 11.9. The first kappa shape index (κ1) is 28.4. The molecule has 2 unspecified atom stereocenters. The molecule has 4 heterocycles. The van der Waals surface area contributed by atoms with Crippen LogP contribution in [0.2, 0.25) is 0 Å². The maximum absolute atomic E-state index is 6.61. The van der Waals surface area contributed by atoms with Crippen molar-refractivity contribution in [1.29, 1.82) is 0 Å². The summed E-state index contributed by atoms with van der Waals surface area (Å²) in [7, 11) is 0. The molecule has 0 fully saturated rings. The Bertz CT molecular complexity index is 3230. The number of benzene rings is 6. The van der Waals surface area contributed by atoms with Gasteiger partial charge in [-0.25, -0.2) is 9.97 Å². The van der Waals surface area contributed by atoms with E-state index in [4.69, 9.17) is 14.4 Å². The fraction of sp³-hybridized carbons (Fsp3) is 0.0638. The van der Waals surface area contributed by atoms with Crippen molar-refractivity contribution in [3.05, 3.63) is 151 Å². The fourth-order valence-corrected chi connectivity index (χ4v) is 10.0. The zero-order valence-electron chi connectivity index (χ0n) is 28.2. The molecule has 12 rings (SSSR count). The molecule has 0 spiro atoms. The molecule has 4 nitrogen and oxygen atoms in total. The summed E-state index contributed by atoms with van der Waals surface area (Å²) in [5.74, 6) is 1.91. The van der Waals surface area contributed by atoms with Crippen molar-refractivity contribution >= 4 is 76.1 Å². The molecule has 2 aliphatic rings. The van der Waals surface area contributed by atoms with Gasteiger partial charge < -0.3 is 4.42 Å². The lowest BCUT2D eigenvalue weighted by atomic mass is 9.89. The highest BCUT2D eigenvalue weighted by Crippen LogP contribution is 2.55. The molecule has 0 amide bonds. The molecular formula is C47H29N3OS. The molecule has 0 radical (unpaired) electrons. The lowest BCUT2D eigenvalue weighted by Gasteiger charge is -2.20. The molecule has 0 saturated carbocycles. The number of para-hydroxylation sites is 2. The number of furan rings is 1. The lowest BCUT2D eigenvalue weighted by molar-refractivity contribution is 0.599. The number of allylic oxidation sites excluding steroid dienone is 4. The monoisotopic (exact) mass is 683 g/mol. The Kier molecular flexibility index (Phi) is 5.67. The molecule has 5 heteroatoms. The predicted molar refractivity (Wildman–Crippen MR) is 217 cm³/mol. The topological polar surface area (TPSA) is 43.9 Å². The van der Waals surface area contributed by atoms with Crippen LogP contribution in [0.1, 0.15) is 18.7 Å². The van der Waals surface area contributed by atoms with Gasteiger partial charge in [-0.1, -0.05) is 104 Å². The first-order chi connectivity index (χ1) is 25.7. The van der Waals surface area contributed by atoms with Crippen molar-refractivity contribution in [1.82, 2.24) is 14.5 Å². The maximum atomic E-state index is 6.61. The van der Waals surface area contributed by atoms with Gasteiger partial charge in [0.1, 0.15) is 16.9 Å². The minimum atomic E-state index is 0.0626. The maximum Gasteiger partial charge on any atom is 0.197 e. The van der Waals surface area contributed by atoms with Crippen LogP contribution in [0.3, 0.4) is 0 Å². The molecule has 6 aromatic carbocycles. The van der Waals surface area contributed by atoms with Gasteiger partial charge >= 0.3 is 0 Å². The highest BCUT2D eigenvalue weighted by molar-refractivity contribution is 7.23. The number of aromatic nitrogens is 3. The first-order valence-electron chi connectivity index (χ1n) is 17.9. The fourth-order valence-electron chi connectivity index (χ4n) is 8.80. The van der Waals surface area contributed by atoms with E-state index in [1.54, 1.807) is 0 Å². The molecule has 0 N–H and O–H groups in total. The van der Waals surface area contributed by atoms with Crippen LogP contribution in [0, 0.1) is 5.92 Å². The molecule has 0 saturated heterocycles. The van der Waals surface area contributed by atoms with Gasteiger partial charge in [-0.05, 0) is 81.9 Å². The summed E-state index contributed by atoms with van der Waals surface area (Å²) in [6.45, 7) is 2.23. The quantitative estimate of drug-likeness (QED) is 0.186. The lowest BCUT2D eigenvalue weighted by Crippen LogP contribution is -2.13. The number of hydrogen-bond donors (Lipinski definition) is 0. The zero-order valence-corrected chi connectivity index (χ0v) is 29.0. The van der Waals surface area contributed by atoms with Gasteiger partial charge in [0, 0.05) is 48.2 Å². The Balaban J connectivity index is 1.11. The molecule has 244 valence electrons. The van der Waals surface area contributed by atoms with E-state index in [-0.39, 0.29) is 11.8 Å². The summed E-state index contributed by atoms with van der Waals surface area (Å²) in [5.41, 5.74) is 11.0. The van der Waals surface area contributed by atoms with Crippen LogP contribution >= 0.6 is 11.3 Å². The third-order valence-electron chi connectivity index (χ3n) is 11.2. The molecule has 52 heavy (non-hydrogen) atoms. The summed E-state index contributed by atoms with van der Waals surface area (Å²) < 4.78 is 10.2. The van der Waals surface area contributed by atoms with Crippen LogP contribution in [0.25, 0.3) is 103 Å². The number of fused-ring (bicyclic) bond motifs is 11. The molecule has 2 aliphatic carbocycles. The second-order valence-corrected chi connectivity index (χ2v) is 15.2. The Morgan fingerprint density at radius 1 is 0.654 bits per heavy atom. The Hall–Kier alpha value is -6.30. The third-order valence-corrected chi connectivity index (χ3v) is 12.4. The van der Waals surface area contributed by atoms with E-state index in [1.165, 1.54) is 64.3 Å². The number of thiophene rings is 1. The highest BCUT2D eigenvalue weighted by Gasteiger charge is 2.28. The third kappa shape index (κ3) is 3.81. The van der Waals surface area contributed by atoms with Crippen LogP contribution in [0.5, 0.6) is 0 Å². The Labute approximate surface area is 302 Å². The van der Waals surface area contributed by atoms with Crippen molar-refractivity contribution in [3.63, 3.8) is 0 Å². The standard InChI is InChI=1S/C47H29N3OS/c1-26-11-2-3-13-30(26)46-48-43-32-15-5-8-19-39(32)51-44(43)47(49-46)50-37-18-7-4-14-31(37)35-24-27(21-22-38(35)50)29-23-28-12-10-17-34-41(28)36(25-29)42-33-16-6-9-20-40(33)52-45(34)42/h2-26,30H,1H3. The Morgan fingerprint density at radius 2 is 1.46 bits per heavy atom. The molecular weight excluding hydrogens is 655 g/mol. The predicted octanol–water partition coefficient (Wildman–Crippen LogP) is 13.0. The van der Waals surface area contributed by atoms with Gasteiger partial charge in [0.2, 0.25) is 0 Å². The Morgan fingerprint density at radius 3 is 2.38 bits per heavy atom. The molecule has 2 atom stereocenters. The number of nitrogens with zero attached hydrogens (tertiary/aromatic N) is 3. The van der Waals surface area contributed by atoms with Crippen LogP contribution in [0.4, 0.5) is 0 Å². The molecule has 4 aromatic heterocycles. The zero-order chi connectivity index (χ0) is 34.1. The highest BCUT2D eigenvalue weighted by atomic mass is 32.1. The van der Waals surface area contributed by atoms with Crippen LogP contribution in [-0.2, 0) is 0 Å². The smallest absolute Gasteiger partial charge is 0.197 e. The van der Waals surface area contributed by atoms with Gasteiger partial charge in [-0.3, -0.25) is 4.57 Å². The van der Waals surface area contributed by atoms with Crippen molar-refractivity contribution in [2.75, 3.05) is 0 Å². The van der Waals surface area contributed by atoms with Crippen LogP contribution < -0.4 is 0 Å². The van der Waals surface area contributed by atoms with E-state index >= 15 is 0 Å². The largest absolute Gasteiger partial charge is 0.450 e. The summed E-state index contributed by atoms with van der Waals surface area (Å²) in [5, 5.41) is 7.34. The van der Waals surface area contributed by atoms with E-state index < -0.39 is 0 Å². The van der Waals surface area contributed by atoms with E-state index in [2.05, 4.69) is 139 Å². The van der Waals surface area contributed by atoms with E-state index in [0.717, 1.165) is 39.2 Å². The minimum Gasteiger partial charge on any atom is -0.450 e. The van der Waals surface area contributed by atoms with Crippen molar-refractivity contribution in [2.24, 2.45) is 5.92 Å². The van der Waals surface area contributed by atoms with E-state index in [1.807, 2.05) is 29.5 Å². The molecule has 0 aliphatic heterocycles. The normalized spacial score (nSPS) is 16.4. The second kappa shape index (κ2) is 10.4. The molecule has 10 aromatic rings. The number of rotatable bonds is 3. The second-order valence-electron chi connectivity index (χ2n) is 14.2. The first-order valence-corrected chi connectivity index (χ1v) is 18.7. The van der Waals surface area contributed by atoms with Crippen LogP contribution in [0.15, 0.2) is 150 Å². The number of hydrogen-bond acceptors (Lipinski definition) is 4. The van der Waals surface area contributed by atoms with Crippen LogP contribution in [-0.4, -0.2) is 14.5 Å². The molecule has 0 bridgehead atoms. The van der Waals surface area contributed by atoms with Gasteiger partial charge in [0.25, 0.3) is 0 Å².